The number of carbonyl (C=O) groups excluding carboxylic acids is 1. The Bertz CT molecular complexity index is 1200. The van der Waals surface area contributed by atoms with Crippen LogP contribution in [0.1, 0.15) is 70.7 Å². The topological polar surface area (TPSA) is 113 Å². The van der Waals surface area contributed by atoms with Gasteiger partial charge < -0.3 is 24.8 Å². The zero-order valence-electron chi connectivity index (χ0n) is 18.2. The third-order valence-electron chi connectivity index (χ3n) is 5.62. The van der Waals surface area contributed by atoms with E-state index in [0.717, 1.165) is 0 Å². The summed E-state index contributed by atoms with van der Waals surface area (Å²) in [5.74, 6) is -2.67. The molecule has 31 heavy (non-hydrogen) atoms. The molecule has 0 fully saturated rings. The Morgan fingerprint density at radius 1 is 0.903 bits per heavy atom. The molecule has 1 aliphatic rings. The highest BCUT2D eigenvalue weighted by Crippen LogP contribution is 2.52. The molecule has 1 aliphatic heterocycles. The second-order valence-corrected chi connectivity index (χ2v) is 7.39. The fourth-order valence-electron chi connectivity index (χ4n) is 3.55. The van der Waals surface area contributed by atoms with Crippen LogP contribution in [0.25, 0.3) is 11.1 Å². The van der Waals surface area contributed by atoms with E-state index in [9.17, 15) is 24.9 Å². The molecule has 2 aromatic rings. The van der Waals surface area contributed by atoms with E-state index in [1.807, 2.05) is 0 Å². The predicted molar refractivity (Wildman–Crippen MR) is 116 cm³/mol. The molecule has 0 amide bonds. The summed E-state index contributed by atoms with van der Waals surface area (Å²) in [6.45, 7) is 10.00. The van der Waals surface area contributed by atoms with Gasteiger partial charge in [-0.1, -0.05) is 12.2 Å². The minimum absolute atomic E-state index is 0.00631. The maximum Gasteiger partial charge on any atom is 0.348 e. The van der Waals surface area contributed by atoms with Gasteiger partial charge in [-0.3, -0.25) is 0 Å². The first-order valence-corrected chi connectivity index (χ1v) is 9.70. The van der Waals surface area contributed by atoms with Gasteiger partial charge in [-0.25, -0.2) is 9.59 Å². The molecule has 0 spiro atoms. The van der Waals surface area contributed by atoms with E-state index >= 15 is 0 Å². The molecule has 162 valence electrons. The van der Waals surface area contributed by atoms with Gasteiger partial charge in [-0.05, 0) is 64.3 Å². The number of carboxylic acid groups (broad SMARTS) is 1. The fraction of sp³-hybridized carbons (Fsp3) is 0.250. The van der Waals surface area contributed by atoms with Gasteiger partial charge >= 0.3 is 11.9 Å². The number of aromatic hydroxyl groups is 2. The zero-order chi connectivity index (χ0) is 23.2. The van der Waals surface area contributed by atoms with Gasteiger partial charge in [0.1, 0.15) is 28.4 Å². The van der Waals surface area contributed by atoms with E-state index in [1.54, 1.807) is 46.8 Å². The van der Waals surface area contributed by atoms with Crippen LogP contribution < -0.4 is 9.47 Å². The number of carboxylic acids is 1. The molecule has 7 heteroatoms. The van der Waals surface area contributed by atoms with Gasteiger partial charge in [0, 0.05) is 16.7 Å². The van der Waals surface area contributed by atoms with E-state index in [-0.39, 0.29) is 45.3 Å². The lowest BCUT2D eigenvalue weighted by molar-refractivity contribution is 0.0692. The first-order chi connectivity index (χ1) is 14.5. The average Bonchev–Trinajstić information content (AvgIpc) is 2.88. The minimum Gasteiger partial charge on any atom is -0.508 e. The summed E-state index contributed by atoms with van der Waals surface area (Å²) in [6, 6.07) is 1.47. The highest BCUT2D eigenvalue weighted by atomic mass is 16.6. The number of phenolic OH excluding ortho intramolecular Hbond substituents is 1. The van der Waals surface area contributed by atoms with E-state index < -0.39 is 17.7 Å². The van der Waals surface area contributed by atoms with Crippen LogP contribution in [0.3, 0.4) is 0 Å². The summed E-state index contributed by atoms with van der Waals surface area (Å²) >= 11 is 0. The molecule has 7 nitrogen and oxygen atoms in total. The van der Waals surface area contributed by atoms with Crippen molar-refractivity contribution in [2.75, 3.05) is 0 Å². The molecule has 0 saturated heterocycles. The number of carbonyl (C=O) groups is 2. The molecule has 2 aromatic carbocycles. The lowest BCUT2D eigenvalue weighted by Gasteiger charge is -2.20. The Balaban J connectivity index is 2.51. The maximum absolute atomic E-state index is 13.2. The Kier molecular flexibility index (Phi) is 5.55. The summed E-state index contributed by atoms with van der Waals surface area (Å²) in [7, 11) is 0. The van der Waals surface area contributed by atoms with Crippen molar-refractivity contribution in [1.29, 1.82) is 0 Å². The maximum atomic E-state index is 13.2. The number of hydrogen-bond acceptors (Lipinski definition) is 6. The summed E-state index contributed by atoms with van der Waals surface area (Å²) in [6.07, 6.45) is 3.45. The molecule has 0 unspecified atom stereocenters. The SMILES string of the molecule is CC=C(C)c1cc(O)c(C)c2c1C(=O)Oc1c(C)c(O)c(C(=O)O)c(C(C)=CC)c1O2. The molecule has 0 aromatic heterocycles. The van der Waals surface area contributed by atoms with Crippen molar-refractivity contribution in [3.8, 4) is 28.7 Å². The molecular formula is C24H24O7. The first kappa shape index (κ1) is 22.0. The lowest BCUT2D eigenvalue weighted by atomic mass is 9.94. The number of fused-ring (bicyclic) bond motifs is 2. The molecule has 1 heterocycles. The average molecular weight is 424 g/mol. The number of hydrogen-bond donors (Lipinski definition) is 3. The van der Waals surface area contributed by atoms with Gasteiger partial charge in [0.25, 0.3) is 0 Å². The second kappa shape index (κ2) is 7.83. The Morgan fingerprint density at radius 2 is 1.52 bits per heavy atom. The number of ether oxygens (including phenoxy) is 2. The third kappa shape index (κ3) is 3.32. The normalized spacial score (nSPS) is 13.7. The molecule has 3 N–H and O–H groups in total. The number of esters is 1. The van der Waals surface area contributed by atoms with Gasteiger partial charge in [-0.15, -0.1) is 0 Å². The monoisotopic (exact) mass is 424 g/mol. The van der Waals surface area contributed by atoms with Gasteiger partial charge in [0.2, 0.25) is 0 Å². The van der Waals surface area contributed by atoms with Crippen LogP contribution in [-0.2, 0) is 0 Å². The molecule has 0 atom stereocenters. The largest absolute Gasteiger partial charge is 0.508 e. The minimum atomic E-state index is -1.35. The van der Waals surface area contributed by atoms with Crippen molar-refractivity contribution in [2.24, 2.45) is 0 Å². The van der Waals surface area contributed by atoms with Crippen LogP contribution in [0.15, 0.2) is 18.2 Å². The number of rotatable bonds is 3. The second-order valence-electron chi connectivity index (χ2n) is 7.39. The molecule has 0 saturated carbocycles. The molecular weight excluding hydrogens is 400 g/mol. The van der Waals surface area contributed by atoms with Crippen LogP contribution >= 0.6 is 0 Å². The zero-order valence-corrected chi connectivity index (χ0v) is 18.2. The van der Waals surface area contributed by atoms with Crippen LogP contribution in [0.5, 0.6) is 28.7 Å². The molecule has 0 aliphatic carbocycles. The van der Waals surface area contributed by atoms with E-state index in [0.29, 0.717) is 22.3 Å². The number of phenols is 2. The Hall–Kier alpha value is -3.74. The van der Waals surface area contributed by atoms with Crippen molar-refractivity contribution >= 4 is 23.1 Å². The summed E-state index contributed by atoms with van der Waals surface area (Å²) in [4.78, 5) is 25.2. The van der Waals surface area contributed by atoms with Gasteiger partial charge in [0.15, 0.2) is 11.5 Å². The lowest BCUT2D eigenvalue weighted by Crippen LogP contribution is -2.12. The van der Waals surface area contributed by atoms with Crippen molar-refractivity contribution in [1.82, 2.24) is 0 Å². The van der Waals surface area contributed by atoms with Crippen molar-refractivity contribution in [3.05, 3.63) is 51.6 Å². The number of allylic oxidation sites excluding steroid dienone is 4. The molecule has 0 bridgehead atoms. The quantitative estimate of drug-likeness (QED) is 0.435. The smallest absolute Gasteiger partial charge is 0.348 e. The summed E-state index contributed by atoms with van der Waals surface area (Å²) < 4.78 is 11.8. The number of aromatic carboxylic acids is 1. The van der Waals surface area contributed by atoms with Crippen molar-refractivity contribution in [2.45, 2.75) is 41.5 Å². The summed E-state index contributed by atoms with van der Waals surface area (Å²) in [5.41, 5.74) is 1.88. The first-order valence-electron chi connectivity index (χ1n) is 9.70. The standard InChI is InChI=1S/C24H24O7/c1-7-10(3)14-9-15(25)12(5)20-17(14)24(29)31-21-13(6)19(26)18(23(27)28)16(11(4)8-2)22(21)30-20/h7-9,25-26H,1-6H3,(H,27,28). The van der Waals surface area contributed by atoms with Crippen LogP contribution in [-0.4, -0.2) is 27.3 Å². The van der Waals surface area contributed by atoms with Gasteiger partial charge in [0.05, 0.1) is 0 Å². The van der Waals surface area contributed by atoms with Gasteiger partial charge in [-0.2, -0.15) is 0 Å². The summed E-state index contributed by atoms with van der Waals surface area (Å²) in [5, 5.41) is 30.9. The molecule has 3 rings (SSSR count). The van der Waals surface area contributed by atoms with E-state index in [1.165, 1.54) is 13.0 Å². The van der Waals surface area contributed by atoms with Crippen LogP contribution in [0.2, 0.25) is 0 Å². The third-order valence-corrected chi connectivity index (χ3v) is 5.62. The molecule has 0 radical (unpaired) electrons. The highest BCUT2D eigenvalue weighted by molar-refractivity contribution is 6.04. The van der Waals surface area contributed by atoms with Crippen molar-refractivity contribution in [3.63, 3.8) is 0 Å². The van der Waals surface area contributed by atoms with Crippen LogP contribution in [0, 0.1) is 13.8 Å². The van der Waals surface area contributed by atoms with Crippen molar-refractivity contribution < 1.29 is 34.4 Å². The Labute approximate surface area is 179 Å². The Morgan fingerprint density at radius 3 is 2.06 bits per heavy atom. The predicted octanol–water partition coefficient (Wildman–Crippen LogP) is 5.58. The van der Waals surface area contributed by atoms with Crippen LogP contribution in [0.4, 0.5) is 0 Å². The fourth-order valence-corrected chi connectivity index (χ4v) is 3.55. The number of benzene rings is 2. The van der Waals surface area contributed by atoms with E-state index in [4.69, 9.17) is 9.47 Å². The van der Waals surface area contributed by atoms with E-state index in [2.05, 4.69) is 0 Å². The highest BCUT2D eigenvalue weighted by Gasteiger charge is 2.36.